The van der Waals surface area contributed by atoms with Crippen LogP contribution in [0.1, 0.15) is 158 Å². The molecule has 0 rings (SSSR count). The van der Waals surface area contributed by atoms with Crippen LogP contribution in [-0.2, 0) is 173 Å². The molecule has 49 heavy (non-hydrogen) atoms. The first-order valence-corrected chi connectivity index (χ1v) is 22.8. The van der Waals surface area contributed by atoms with Gasteiger partial charge in [0.2, 0.25) is 0 Å². The Bertz CT molecular complexity index is 190. The van der Waals surface area contributed by atoms with E-state index in [0.717, 1.165) is 6.29 Å². The van der Waals surface area contributed by atoms with Gasteiger partial charge in [-0.25, -0.2) is 0 Å². The smallest absolute Gasteiger partial charge is 0.119 e. The Balaban J connectivity index is -0.00000000669. The summed E-state index contributed by atoms with van der Waals surface area (Å²) in [5.74, 6) is 0. The predicted octanol–water partition coefficient (Wildman–Crippen LogP) is 15.2. The predicted molar refractivity (Wildman–Crippen MR) is 260 cm³/mol. The van der Waals surface area contributed by atoms with E-state index in [1.165, 1.54) is 19.3 Å². The second-order valence-electron chi connectivity index (χ2n) is 1.93. The Morgan fingerprint density at radius 1 is 0.367 bits per heavy atom. The monoisotopic (exact) mass is 2240 g/mol. The molecule has 8 unspecified atom stereocenters. The summed E-state index contributed by atoms with van der Waals surface area (Å²) in [6.45, 7) is 48.8. The Kier molecular flexibility index (Phi) is 2390. The molecule has 0 bridgehead atoms. The normalized spacial score (nSPS) is 7.29. The van der Waals surface area contributed by atoms with Crippen LogP contribution in [0.25, 0.3) is 0 Å². The number of unbranched alkanes of at least 4 members (excludes halogenated alkanes) is 2. The van der Waals surface area contributed by atoms with Gasteiger partial charge in [0.1, 0.15) is 6.29 Å². The summed E-state index contributed by atoms with van der Waals surface area (Å²) in [6, 6.07) is 0. The van der Waals surface area contributed by atoms with E-state index in [9.17, 15) is 4.79 Å². The molecule has 0 aliphatic heterocycles. The van der Waals surface area contributed by atoms with E-state index in [1.54, 1.807) is 0 Å². The quantitative estimate of drug-likeness (QED) is 0.203. The third kappa shape index (κ3) is 1250. The van der Waals surface area contributed by atoms with Crippen LogP contribution >= 0.6 is 73.5 Å². The maximum Gasteiger partial charge on any atom is 0.119 e. The van der Waals surface area contributed by atoms with Crippen LogP contribution in [0.4, 0.5) is 0 Å². The maximum atomic E-state index is 9.17. The molecule has 0 radical (unpaired) electrons. The van der Waals surface area contributed by atoms with Crippen molar-refractivity contribution in [3.8, 4) is 0 Å². The van der Waals surface area contributed by atoms with Crippen molar-refractivity contribution < 1.29 is 173 Å². The van der Waals surface area contributed by atoms with Crippen LogP contribution < -0.4 is 0 Å². The number of hydrogen-bond acceptors (Lipinski definition) is 1. The molecule has 0 aliphatic rings. The van der Waals surface area contributed by atoms with Crippen molar-refractivity contribution in [1.82, 2.24) is 0 Å². The first kappa shape index (κ1) is 124. The zero-order valence-corrected chi connectivity index (χ0v) is 67.5. The standard InChI is InChI=1S/C5H12.C3H6O.7C2H6.8CH5P.2CH4.8W/c1-3-5-4-2;1-2-3-4;15*1-2;;;;;;;;;;/h3-5H2,1-2H3;3H,2H2,1H3;7*1-2H3;8*2H2,1H3;2*1H4;;;;;;;;/i;;;;;;;;;8*2T;;;;;;;;;;. The Hall–Kier alpha value is 8.62. The van der Waals surface area contributed by atoms with Crippen molar-refractivity contribution in [1.29, 1.82) is 10.2 Å². The van der Waals surface area contributed by atoms with Crippen LogP contribution in [0.3, 0.4) is 0 Å². The second-order valence-corrected chi connectivity index (χ2v) is 1.93. The second kappa shape index (κ2) is 945. The molecule has 1 nitrogen and oxygen atoms in total. The van der Waals surface area contributed by atoms with Crippen molar-refractivity contribution in [2.24, 2.45) is 0 Å². The minimum atomic E-state index is 0. The first-order valence-electron chi connectivity index (χ1n) is 18.8. The summed E-state index contributed by atoms with van der Waals surface area (Å²) in [7, 11) is 2.67. The largest absolute Gasteiger partial charge is 0.303 e. The SMILES string of the molecule is C.C.CC.CC.CC.CC.CC.CC.CC.CCC=O.CCCCC.[3H]PC.[3H]PC.[3H]PC.[3H]PC.[3H]PC.[3H]PC.[3H]PC.[3H]PC.[W].[W].[W].[W].[W].[W].[W].[W]. The van der Waals surface area contributed by atoms with E-state index in [2.05, 4.69) is 13.8 Å². The number of rotatable bonds is 3. The Morgan fingerprint density at radius 3 is 0.429 bits per heavy atom. The zero-order valence-electron chi connectivity index (χ0n) is 44.1. The molecule has 0 amide bonds. The fraction of sp³-hybridized carbons (Fsp3) is 0.969. The van der Waals surface area contributed by atoms with Gasteiger partial charge in [-0.2, -0.15) is 0 Å². The Morgan fingerprint density at radius 2 is 0.429 bits per heavy atom. The number of carbonyl (C=O) groups is 1. The number of carbonyl (C=O) groups excluding carboxylic acids is 1. The minimum absolute atomic E-state index is 0. The van der Waals surface area contributed by atoms with Crippen molar-refractivity contribution >= 4 is 79.8 Å². The molecule has 0 spiro atoms. The van der Waals surface area contributed by atoms with Gasteiger partial charge in [-0.05, 0) is 0 Å². The summed E-state index contributed by atoms with van der Waals surface area (Å²) >= 11 is 0. The van der Waals surface area contributed by atoms with E-state index in [0.29, 0.717) is 79.9 Å². The van der Waals surface area contributed by atoms with Gasteiger partial charge in [0.25, 0.3) is 0 Å². The molecule has 0 saturated heterocycles. The fourth-order valence-electron chi connectivity index (χ4n) is 0.354. The van der Waals surface area contributed by atoms with Crippen molar-refractivity contribution in [2.75, 3.05) is 53.3 Å². The van der Waals surface area contributed by atoms with Crippen LogP contribution in [0.5, 0.6) is 0 Å². The maximum absolute atomic E-state index is 9.17. The third-order valence-corrected chi connectivity index (χ3v) is 0.874. The van der Waals surface area contributed by atoms with E-state index in [-0.39, 0.29) is 183 Å². The molecule has 0 aliphatic carbocycles. The average molecular weight is 2240 g/mol. The number of hydrogen-bond donors (Lipinski definition) is 0. The summed E-state index contributed by atoms with van der Waals surface area (Å²) in [6.07, 6.45) is 5.59. The molecule has 0 fully saturated rings. The molecule has 17 heteroatoms. The average Bonchev–Trinajstić information content (AvgIpc) is 3.11. The molecule has 0 aromatic rings. The van der Waals surface area contributed by atoms with Gasteiger partial charge >= 0.3 is 0 Å². The van der Waals surface area contributed by atoms with Crippen molar-refractivity contribution in [2.45, 2.75) is 158 Å². The summed E-state index contributed by atoms with van der Waals surface area (Å²) in [4.78, 5) is 9.17. The molecule has 0 aromatic carbocycles. The molecule has 0 aromatic heterocycles. The molecule has 8 atom stereocenters. The molecule has 330 valence electrons. The Labute approximate surface area is 468 Å². The summed E-state index contributed by atoms with van der Waals surface area (Å²) in [5, 5.41) is 0. The van der Waals surface area contributed by atoms with Gasteiger partial charge in [-0.1, -0.05) is 205 Å². The third-order valence-electron chi connectivity index (χ3n) is 0.874. The van der Waals surface area contributed by atoms with Gasteiger partial charge < -0.3 is 4.79 Å². The van der Waals surface area contributed by atoms with Crippen LogP contribution in [-0.4, -0.2) is 69.8 Å². The van der Waals surface area contributed by atoms with Crippen LogP contribution in [0.15, 0.2) is 0 Å². The first-order chi connectivity index (χ1) is 22.6. The fourth-order valence-corrected chi connectivity index (χ4v) is 0.354. The van der Waals surface area contributed by atoms with E-state index < -0.39 is 0 Å². The van der Waals surface area contributed by atoms with Crippen molar-refractivity contribution in [3.05, 3.63) is 0 Å². The molecule has 0 saturated carbocycles. The zero-order chi connectivity index (χ0) is 43.2. The van der Waals surface area contributed by atoms with Crippen LogP contribution in [0.2, 0.25) is 0 Å². The van der Waals surface area contributed by atoms with Gasteiger partial charge in [0.05, 0.1) is 10.2 Å². The molecular formula is C32H108OP8W8. The molecule has 0 heterocycles. The minimum Gasteiger partial charge on any atom is -0.303 e. The summed E-state index contributed by atoms with van der Waals surface area (Å²) in [5.41, 5.74) is 0. The topological polar surface area (TPSA) is 17.1 Å². The van der Waals surface area contributed by atoms with Gasteiger partial charge in [0.15, 0.2) is 0 Å². The molecular weight excluding hydrogens is 2120 g/mol. The summed E-state index contributed by atoms with van der Waals surface area (Å²) < 4.78 is 49.9. The van der Waals surface area contributed by atoms with Crippen LogP contribution in [0, 0.1) is 0 Å². The van der Waals surface area contributed by atoms with Gasteiger partial charge in [-0.3, -0.25) is 0 Å². The van der Waals surface area contributed by atoms with E-state index in [4.69, 9.17) is 10.2 Å². The van der Waals surface area contributed by atoms with Gasteiger partial charge in [-0.15, -0.1) is 73.5 Å². The van der Waals surface area contributed by atoms with E-state index >= 15 is 0 Å². The molecule has 0 N–H and O–H groups in total. The van der Waals surface area contributed by atoms with Crippen molar-refractivity contribution in [3.63, 3.8) is 0 Å². The van der Waals surface area contributed by atoms with E-state index in [1.807, 2.05) is 157 Å². The van der Waals surface area contributed by atoms with Gasteiger partial charge in [0, 0.05) is 175 Å². The number of aldehydes is 1.